The van der Waals surface area contributed by atoms with E-state index >= 15 is 0 Å². The van der Waals surface area contributed by atoms with Crippen LogP contribution in [-0.4, -0.2) is 35.0 Å². The molecule has 0 spiro atoms. The highest BCUT2D eigenvalue weighted by Crippen LogP contribution is 2.31. The van der Waals surface area contributed by atoms with Gasteiger partial charge in [0.1, 0.15) is 21.7 Å². The molecule has 0 aliphatic rings. The molecule has 102 valence electrons. The van der Waals surface area contributed by atoms with Gasteiger partial charge >= 0.3 is 0 Å². The number of carbonyl (C=O) groups is 1. The molecule has 0 radical (unpaired) electrons. The summed E-state index contributed by atoms with van der Waals surface area (Å²) >= 11 is 1.28. The second-order valence-corrected chi connectivity index (χ2v) is 5.48. The zero-order chi connectivity index (χ0) is 14.9. The summed E-state index contributed by atoms with van der Waals surface area (Å²) in [6.45, 7) is 1.78. The van der Waals surface area contributed by atoms with Crippen LogP contribution in [0.1, 0.15) is 20.9 Å². The maximum absolute atomic E-state index is 12.0. The number of amides is 1. The van der Waals surface area contributed by atoms with Gasteiger partial charge in [-0.2, -0.15) is 5.26 Å². The van der Waals surface area contributed by atoms with Crippen LogP contribution in [0.25, 0.3) is 10.6 Å². The molecule has 1 amide bonds. The quantitative estimate of drug-likeness (QED) is 0.920. The molecule has 1 heterocycles. The van der Waals surface area contributed by atoms with E-state index < -0.39 is 0 Å². The average molecular weight is 287 g/mol. The topological polar surface area (TPSA) is 77.2 Å². The summed E-state index contributed by atoms with van der Waals surface area (Å²) in [6, 6.07) is 6.62. The Morgan fingerprint density at radius 2 is 2.15 bits per heavy atom. The van der Waals surface area contributed by atoms with Crippen molar-refractivity contribution in [3.8, 4) is 22.4 Å². The van der Waals surface area contributed by atoms with E-state index in [0.717, 1.165) is 0 Å². The zero-order valence-corrected chi connectivity index (χ0v) is 12.2. The van der Waals surface area contributed by atoms with Gasteiger partial charge in [0.25, 0.3) is 5.91 Å². The Hall–Kier alpha value is -2.39. The molecule has 20 heavy (non-hydrogen) atoms. The fraction of sp³-hybridized carbons (Fsp3) is 0.214. The molecule has 2 rings (SSSR count). The molecular weight excluding hydrogens is 274 g/mol. The van der Waals surface area contributed by atoms with Crippen molar-refractivity contribution in [1.82, 2.24) is 9.88 Å². The van der Waals surface area contributed by atoms with Gasteiger partial charge in [-0.3, -0.25) is 4.79 Å². The van der Waals surface area contributed by atoms with Crippen LogP contribution in [0.5, 0.6) is 5.75 Å². The van der Waals surface area contributed by atoms with E-state index in [0.29, 0.717) is 21.1 Å². The van der Waals surface area contributed by atoms with Gasteiger partial charge < -0.3 is 10.0 Å². The smallest absolute Gasteiger partial charge is 0.265 e. The maximum atomic E-state index is 12.0. The zero-order valence-electron chi connectivity index (χ0n) is 11.3. The molecule has 1 N–H and O–H groups in total. The number of thiazole rings is 1. The van der Waals surface area contributed by atoms with Crippen molar-refractivity contribution in [1.29, 1.82) is 5.26 Å². The number of phenols is 1. The molecule has 5 nitrogen and oxygen atoms in total. The number of nitriles is 1. The Bertz CT molecular complexity index is 714. The largest absolute Gasteiger partial charge is 0.507 e. The van der Waals surface area contributed by atoms with Crippen molar-refractivity contribution in [3.05, 3.63) is 34.3 Å². The minimum absolute atomic E-state index is 0.0610. The lowest BCUT2D eigenvalue weighted by Gasteiger charge is -2.07. The molecule has 0 saturated carbocycles. The number of aromatic hydroxyl groups is 1. The number of hydrogen-bond acceptors (Lipinski definition) is 5. The summed E-state index contributed by atoms with van der Waals surface area (Å²) in [4.78, 5) is 18.4. The third-order valence-corrected chi connectivity index (χ3v) is 3.96. The molecule has 0 saturated heterocycles. The summed E-state index contributed by atoms with van der Waals surface area (Å²) in [7, 11) is 3.38. The number of aryl methyl sites for hydroxylation is 1. The molecule has 0 fully saturated rings. The highest BCUT2D eigenvalue weighted by atomic mass is 32.1. The van der Waals surface area contributed by atoms with Gasteiger partial charge in [-0.05, 0) is 25.1 Å². The summed E-state index contributed by atoms with van der Waals surface area (Å²) in [6.07, 6.45) is 0. The van der Waals surface area contributed by atoms with Gasteiger partial charge in [-0.25, -0.2) is 4.98 Å². The maximum Gasteiger partial charge on any atom is 0.265 e. The number of nitrogens with zero attached hydrogens (tertiary/aromatic N) is 3. The minimum atomic E-state index is -0.0921. The van der Waals surface area contributed by atoms with Crippen molar-refractivity contribution in [2.75, 3.05) is 14.1 Å². The van der Waals surface area contributed by atoms with Crippen LogP contribution in [0.2, 0.25) is 0 Å². The number of carbonyl (C=O) groups excluding carboxylic acids is 1. The summed E-state index contributed by atoms with van der Waals surface area (Å²) in [5, 5.41) is 19.1. The predicted molar refractivity (Wildman–Crippen MR) is 76.7 cm³/mol. The summed E-state index contributed by atoms with van der Waals surface area (Å²) in [5.74, 6) is -0.153. The van der Waals surface area contributed by atoms with Crippen molar-refractivity contribution < 1.29 is 9.90 Å². The Labute approximate surface area is 120 Å². The van der Waals surface area contributed by atoms with Crippen LogP contribution in [-0.2, 0) is 0 Å². The first-order valence-electron chi connectivity index (χ1n) is 5.86. The molecule has 0 unspecified atom stereocenters. The second kappa shape index (κ2) is 5.31. The first-order chi connectivity index (χ1) is 9.43. The standard InChI is InChI=1S/C14H13N3O2S/c1-8-12(14(19)17(2)3)20-13(16-8)9-4-5-11(18)10(6-9)7-15/h4-6,18H,1-3H3. The lowest BCUT2D eigenvalue weighted by molar-refractivity contribution is 0.0831. The van der Waals surface area contributed by atoms with Crippen LogP contribution in [0.3, 0.4) is 0 Å². The van der Waals surface area contributed by atoms with Crippen molar-refractivity contribution in [2.45, 2.75) is 6.92 Å². The van der Waals surface area contributed by atoms with E-state index in [-0.39, 0.29) is 17.2 Å². The molecule has 1 aromatic heterocycles. The molecular formula is C14H13N3O2S. The van der Waals surface area contributed by atoms with Crippen molar-refractivity contribution >= 4 is 17.2 Å². The SMILES string of the molecule is Cc1nc(-c2ccc(O)c(C#N)c2)sc1C(=O)N(C)C. The van der Waals surface area contributed by atoms with E-state index in [1.807, 2.05) is 6.07 Å². The van der Waals surface area contributed by atoms with E-state index in [1.54, 1.807) is 33.2 Å². The lowest BCUT2D eigenvalue weighted by atomic mass is 10.1. The Morgan fingerprint density at radius 1 is 1.45 bits per heavy atom. The highest BCUT2D eigenvalue weighted by Gasteiger charge is 2.18. The fourth-order valence-electron chi connectivity index (χ4n) is 1.68. The molecule has 0 bridgehead atoms. The van der Waals surface area contributed by atoms with Crippen LogP contribution < -0.4 is 0 Å². The van der Waals surface area contributed by atoms with Gasteiger partial charge in [0, 0.05) is 19.7 Å². The molecule has 1 aromatic carbocycles. The number of hydrogen-bond donors (Lipinski definition) is 1. The summed E-state index contributed by atoms with van der Waals surface area (Å²) in [5.41, 5.74) is 1.57. The monoisotopic (exact) mass is 287 g/mol. The number of aromatic nitrogens is 1. The van der Waals surface area contributed by atoms with Gasteiger partial charge in [0.2, 0.25) is 0 Å². The van der Waals surface area contributed by atoms with Crippen LogP contribution in [0, 0.1) is 18.3 Å². The minimum Gasteiger partial charge on any atom is -0.507 e. The fourth-order valence-corrected chi connectivity index (χ4v) is 2.76. The second-order valence-electron chi connectivity index (χ2n) is 4.48. The van der Waals surface area contributed by atoms with Crippen LogP contribution in [0.15, 0.2) is 18.2 Å². The van der Waals surface area contributed by atoms with Gasteiger partial charge in [-0.1, -0.05) is 0 Å². The summed E-state index contributed by atoms with van der Waals surface area (Å²) < 4.78 is 0. The van der Waals surface area contributed by atoms with Crippen molar-refractivity contribution in [3.63, 3.8) is 0 Å². The van der Waals surface area contributed by atoms with E-state index in [1.165, 1.54) is 22.3 Å². The highest BCUT2D eigenvalue weighted by molar-refractivity contribution is 7.17. The van der Waals surface area contributed by atoms with Gasteiger partial charge in [0.05, 0.1) is 11.3 Å². The number of benzene rings is 1. The normalized spacial score (nSPS) is 10.1. The molecule has 0 aliphatic heterocycles. The first kappa shape index (κ1) is 14.0. The third-order valence-electron chi connectivity index (χ3n) is 2.76. The number of phenolic OH excluding ortho intramolecular Hbond substituents is 1. The lowest BCUT2D eigenvalue weighted by Crippen LogP contribution is -2.21. The first-order valence-corrected chi connectivity index (χ1v) is 6.68. The van der Waals surface area contributed by atoms with E-state index in [9.17, 15) is 9.90 Å². The van der Waals surface area contributed by atoms with Crippen molar-refractivity contribution in [2.24, 2.45) is 0 Å². The third kappa shape index (κ3) is 2.49. The Morgan fingerprint density at radius 3 is 2.75 bits per heavy atom. The predicted octanol–water partition coefficient (Wildman–Crippen LogP) is 2.40. The molecule has 6 heteroatoms. The van der Waals surface area contributed by atoms with Crippen LogP contribution in [0.4, 0.5) is 0 Å². The van der Waals surface area contributed by atoms with Crippen LogP contribution >= 0.6 is 11.3 Å². The Kier molecular flexibility index (Phi) is 3.72. The number of rotatable bonds is 2. The van der Waals surface area contributed by atoms with Gasteiger partial charge in [-0.15, -0.1) is 11.3 Å². The van der Waals surface area contributed by atoms with E-state index in [4.69, 9.17) is 5.26 Å². The molecule has 0 aliphatic carbocycles. The van der Waals surface area contributed by atoms with E-state index in [2.05, 4.69) is 4.98 Å². The average Bonchev–Trinajstić information content (AvgIpc) is 2.80. The molecule has 2 aromatic rings. The molecule has 0 atom stereocenters. The Balaban J connectivity index is 2.48. The van der Waals surface area contributed by atoms with Gasteiger partial charge in [0.15, 0.2) is 0 Å².